The SMILES string of the molecule is COc1cccc(CNC[C@@H](O)[C@H](Cc2ccccc2)NC(=O)c2cccc(C(=O)N3CS(=O)(=O)CC3c3nc(C)cs3)c2)c1. The zero-order valence-electron chi connectivity index (χ0n) is 25.0. The van der Waals surface area contributed by atoms with Gasteiger partial charge >= 0.3 is 0 Å². The molecule has 236 valence electrons. The number of ether oxygens (including phenoxy) is 1. The van der Waals surface area contributed by atoms with E-state index in [-0.39, 0.29) is 23.4 Å². The van der Waals surface area contributed by atoms with Crippen molar-refractivity contribution >= 4 is 33.0 Å². The summed E-state index contributed by atoms with van der Waals surface area (Å²) in [6, 6.07) is 22.0. The maximum Gasteiger partial charge on any atom is 0.255 e. The number of aliphatic hydroxyl groups is 1. The zero-order chi connectivity index (χ0) is 32.0. The number of methoxy groups -OCH3 is 1. The summed E-state index contributed by atoms with van der Waals surface area (Å²) in [6.45, 7) is 2.53. The van der Waals surface area contributed by atoms with Crippen molar-refractivity contribution in [1.82, 2.24) is 20.5 Å². The number of aliphatic hydroxyl groups excluding tert-OH is 1. The molecule has 3 aromatic carbocycles. The standard InChI is InChI=1S/C33H36N4O6S2/c1-22-19-44-32(35-22)29-20-45(41,42)21-37(29)33(40)26-12-7-11-25(16-26)31(39)36-28(15-23-8-4-3-5-9-23)30(38)18-34-17-24-10-6-13-27(14-24)43-2/h3-14,16,19,28-30,34,38H,15,17-18,20-21H2,1-2H3,(H,36,39)/t28-,29?,30+/m0/s1. The second kappa shape index (κ2) is 14.3. The van der Waals surface area contributed by atoms with Gasteiger partial charge in [-0.05, 0) is 54.8 Å². The predicted octanol–water partition coefficient (Wildman–Crippen LogP) is 3.52. The van der Waals surface area contributed by atoms with E-state index < -0.39 is 45.7 Å². The number of sulfone groups is 1. The summed E-state index contributed by atoms with van der Waals surface area (Å²) in [6.07, 6.45) is -0.546. The third kappa shape index (κ3) is 8.34. The molecule has 1 aromatic heterocycles. The third-order valence-electron chi connectivity index (χ3n) is 7.57. The number of aryl methyl sites for hydroxylation is 1. The van der Waals surface area contributed by atoms with Gasteiger partial charge in [-0.25, -0.2) is 13.4 Å². The van der Waals surface area contributed by atoms with Crippen molar-refractivity contribution in [2.45, 2.75) is 38.1 Å². The Morgan fingerprint density at radius 2 is 1.78 bits per heavy atom. The molecular formula is C33H36N4O6S2. The molecule has 5 rings (SSSR count). The van der Waals surface area contributed by atoms with Crippen molar-refractivity contribution in [2.75, 3.05) is 25.3 Å². The summed E-state index contributed by atoms with van der Waals surface area (Å²) < 4.78 is 30.4. The topological polar surface area (TPSA) is 138 Å². The summed E-state index contributed by atoms with van der Waals surface area (Å²) >= 11 is 1.32. The van der Waals surface area contributed by atoms with Gasteiger partial charge in [0, 0.05) is 35.3 Å². The molecule has 2 amide bonds. The predicted molar refractivity (Wildman–Crippen MR) is 173 cm³/mol. The van der Waals surface area contributed by atoms with Crippen LogP contribution in [0.4, 0.5) is 0 Å². The molecular weight excluding hydrogens is 613 g/mol. The maximum atomic E-state index is 13.6. The number of rotatable bonds is 12. The van der Waals surface area contributed by atoms with Crippen LogP contribution in [0.1, 0.15) is 48.6 Å². The highest BCUT2D eigenvalue weighted by molar-refractivity contribution is 7.91. The molecule has 1 aliphatic rings. The number of aromatic nitrogens is 1. The molecule has 3 atom stereocenters. The number of carbonyl (C=O) groups excluding carboxylic acids is 2. The first-order chi connectivity index (χ1) is 21.6. The van der Waals surface area contributed by atoms with Crippen LogP contribution in [0.3, 0.4) is 0 Å². The van der Waals surface area contributed by atoms with Gasteiger partial charge in [0.25, 0.3) is 11.8 Å². The second-order valence-electron chi connectivity index (χ2n) is 11.1. The fourth-order valence-electron chi connectivity index (χ4n) is 5.27. The van der Waals surface area contributed by atoms with E-state index in [0.29, 0.717) is 18.0 Å². The molecule has 1 fully saturated rings. The Hall–Kier alpha value is -4.10. The largest absolute Gasteiger partial charge is 0.497 e. The molecule has 0 bridgehead atoms. The van der Waals surface area contributed by atoms with E-state index in [4.69, 9.17) is 4.74 Å². The summed E-state index contributed by atoms with van der Waals surface area (Å²) in [4.78, 5) is 32.8. The Labute approximate surface area is 267 Å². The van der Waals surface area contributed by atoms with Gasteiger partial charge in [0.15, 0.2) is 9.84 Å². The van der Waals surface area contributed by atoms with E-state index >= 15 is 0 Å². The molecule has 1 unspecified atom stereocenters. The number of hydrogen-bond donors (Lipinski definition) is 3. The van der Waals surface area contributed by atoms with Gasteiger partial charge in [0.2, 0.25) is 0 Å². The summed E-state index contributed by atoms with van der Waals surface area (Å²) in [7, 11) is -1.89. The van der Waals surface area contributed by atoms with Crippen LogP contribution in [0.15, 0.2) is 84.2 Å². The van der Waals surface area contributed by atoms with E-state index in [9.17, 15) is 23.1 Å². The molecule has 0 aliphatic carbocycles. The summed E-state index contributed by atoms with van der Waals surface area (Å²) in [5.41, 5.74) is 3.10. The normalized spacial score (nSPS) is 17.0. The first kappa shape index (κ1) is 32.3. The van der Waals surface area contributed by atoms with Crippen LogP contribution in [0.25, 0.3) is 0 Å². The van der Waals surface area contributed by atoms with Crippen LogP contribution >= 0.6 is 11.3 Å². The van der Waals surface area contributed by atoms with Gasteiger partial charge in [-0.1, -0.05) is 48.5 Å². The van der Waals surface area contributed by atoms with Gasteiger partial charge in [0.1, 0.15) is 16.6 Å². The van der Waals surface area contributed by atoms with Crippen molar-refractivity contribution < 1.29 is 27.9 Å². The fourth-order valence-corrected chi connectivity index (χ4v) is 7.93. The average Bonchev–Trinajstić information content (AvgIpc) is 3.62. The van der Waals surface area contributed by atoms with E-state index in [0.717, 1.165) is 22.6 Å². The number of benzene rings is 3. The lowest BCUT2D eigenvalue weighted by atomic mass is 10.00. The lowest BCUT2D eigenvalue weighted by molar-refractivity contribution is 0.0745. The molecule has 4 aromatic rings. The highest BCUT2D eigenvalue weighted by Gasteiger charge is 2.41. The molecule has 0 spiro atoms. The Morgan fingerprint density at radius 3 is 2.51 bits per heavy atom. The maximum absolute atomic E-state index is 13.6. The van der Waals surface area contributed by atoms with Gasteiger partial charge in [0.05, 0.1) is 31.1 Å². The highest BCUT2D eigenvalue weighted by atomic mass is 32.2. The molecule has 1 aliphatic heterocycles. The molecule has 45 heavy (non-hydrogen) atoms. The van der Waals surface area contributed by atoms with Crippen molar-refractivity contribution in [3.8, 4) is 5.75 Å². The summed E-state index contributed by atoms with van der Waals surface area (Å²) in [5, 5.41) is 19.8. The number of nitrogens with one attached hydrogen (secondary N) is 2. The lowest BCUT2D eigenvalue weighted by Crippen LogP contribution is -2.48. The molecule has 0 radical (unpaired) electrons. The highest BCUT2D eigenvalue weighted by Crippen LogP contribution is 2.33. The van der Waals surface area contributed by atoms with Crippen LogP contribution in [0.5, 0.6) is 5.75 Å². The molecule has 12 heteroatoms. The third-order valence-corrected chi connectivity index (χ3v) is 10.1. The van der Waals surface area contributed by atoms with E-state index in [2.05, 4.69) is 15.6 Å². The van der Waals surface area contributed by atoms with Crippen LogP contribution in [0, 0.1) is 6.92 Å². The van der Waals surface area contributed by atoms with Crippen molar-refractivity contribution in [3.63, 3.8) is 0 Å². The van der Waals surface area contributed by atoms with Crippen LogP contribution in [-0.2, 0) is 22.8 Å². The lowest BCUT2D eigenvalue weighted by Gasteiger charge is -2.25. The van der Waals surface area contributed by atoms with Gasteiger partial charge < -0.3 is 25.4 Å². The Balaban J connectivity index is 1.30. The molecule has 2 heterocycles. The Morgan fingerprint density at radius 1 is 1.04 bits per heavy atom. The molecule has 0 saturated carbocycles. The van der Waals surface area contributed by atoms with E-state index in [1.165, 1.54) is 22.3 Å². The minimum absolute atomic E-state index is 0.193. The van der Waals surface area contributed by atoms with Crippen LogP contribution < -0.4 is 15.4 Å². The number of hydrogen-bond acceptors (Lipinski definition) is 9. The monoisotopic (exact) mass is 648 g/mol. The van der Waals surface area contributed by atoms with E-state index in [1.54, 1.807) is 25.3 Å². The van der Waals surface area contributed by atoms with Gasteiger partial charge in [-0.2, -0.15) is 0 Å². The Bertz CT molecular complexity index is 1740. The first-order valence-corrected chi connectivity index (χ1v) is 17.2. The number of carbonyl (C=O) groups is 2. The second-order valence-corrected chi connectivity index (χ2v) is 14.0. The number of nitrogens with zero attached hydrogens (tertiary/aromatic N) is 2. The minimum atomic E-state index is -3.49. The fraction of sp³-hybridized carbons (Fsp3) is 0.303. The molecule has 3 N–H and O–H groups in total. The molecule has 1 saturated heterocycles. The van der Waals surface area contributed by atoms with Gasteiger partial charge in [-0.3, -0.25) is 9.59 Å². The number of thiazole rings is 1. The average molecular weight is 649 g/mol. The van der Waals surface area contributed by atoms with Crippen molar-refractivity contribution in [1.29, 1.82) is 0 Å². The van der Waals surface area contributed by atoms with Crippen molar-refractivity contribution in [3.05, 3.63) is 117 Å². The summed E-state index contributed by atoms with van der Waals surface area (Å²) in [5.74, 6) is -0.828. The van der Waals surface area contributed by atoms with Crippen LogP contribution in [0.2, 0.25) is 0 Å². The zero-order valence-corrected chi connectivity index (χ0v) is 26.7. The smallest absolute Gasteiger partial charge is 0.255 e. The minimum Gasteiger partial charge on any atom is -0.497 e. The van der Waals surface area contributed by atoms with Crippen LogP contribution in [-0.4, -0.2) is 72.7 Å². The first-order valence-electron chi connectivity index (χ1n) is 14.5. The number of amides is 2. The van der Waals surface area contributed by atoms with Gasteiger partial charge in [-0.15, -0.1) is 11.3 Å². The quantitative estimate of drug-likeness (QED) is 0.212. The van der Waals surface area contributed by atoms with E-state index in [1.807, 2.05) is 66.9 Å². The van der Waals surface area contributed by atoms with Crippen molar-refractivity contribution in [2.24, 2.45) is 0 Å². The Kier molecular flexibility index (Phi) is 10.3. The molecule has 10 nitrogen and oxygen atoms in total.